The topological polar surface area (TPSA) is 54.0 Å². The van der Waals surface area contributed by atoms with Crippen LogP contribution >= 0.6 is 0 Å². The van der Waals surface area contributed by atoms with Crippen LogP contribution in [0.15, 0.2) is 11.3 Å². The summed E-state index contributed by atoms with van der Waals surface area (Å²) in [6, 6.07) is 0. The molecule has 2 saturated carbocycles. The van der Waals surface area contributed by atoms with Crippen LogP contribution in [0.3, 0.4) is 0 Å². The second-order valence-corrected chi connectivity index (χ2v) is 20.9. The van der Waals surface area contributed by atoms with Crippen molar-refractivity contribution in [3.05, 3.63) is 11.3 Å². The van der Waals surface area contributed by atoms with Crippen LogP contribution in [0.1, 0.15) is 113 Å². The molecule has 4 rings (SSSR count). The molecule has 40 heavy (non-hydrogen) atoms. The van der Waals surface area contributed by atoms with Gasteiger partial charge < -0.3 is 18.6 Å². The maximum Gasteiger partial charge on any atom is 0.315 e. The van der Waals surface area contributed by atoms with E-state index < -0.39 is 8.32 Å². The van der Waals surface area contributed by atoms with Crippen molar-refractivity contribution >= 4 is 14.3 Å². The Hall–Kier alpha value is -0.693. The number of esters is 1. The number of allylic oxidation sites excluding steroid dienone is 2. The summed E-state index contributed by atoms with van der Waals surface area (Å²) in [5.41, 5.74) is 1.49. The van der Waals surface area contributed by atoms with E-state index in [9.17, 15) is 4.79 Å². The van der Waals surface area contributed by atoms with Gasteiger partial charge in [-0.05, 0) is 105 Å². The van der Waals surface area contributed by atoms with Gasteiger partial charge in [0.15, 0.2) is 8.32 Å². The molecule has 3 aliphatic carbocycles. The highest BCUT2D eigenvalue weighted by molar-refractivity contribution is 6.74. The maximum atomic E-state index is 13.6. The molecule has 0 spiro atoms. The number of fused-ring (bicyclic) bond motifs is 4. The highest BCUT2D eigenvalue weighted by Crippen LogP contribution is 2.65. The molecule has 0 aromatic carbocycles. The molecule has 0 saturated heterocycles. The summed E-state index contributed by atoms with van der Waals surface area (Å²) in [6.07, 6.45) is 9.96. The molecule has 5 nitrogen and oxygen atoms in total. The predicted molar refractivity (Wildman–Crippen MR) is 164 cm³/mol. The fourth-order valence-corrected chi connectivity index (χ4v) is 10.0. The Labute approximate surface area is 246 Å². The number of hydrogen-bond acceptors (Lipinski definition) is 5. The van der Waals surface area contributed by atoms with E-state index in [-0.39, 0.29) is 46.8 Å². The van der Waals surface area contributed by atoms with Crippen LogP contribution in [0.2, 0.25) is 18.1 Å². The third-order valence-corrected chi connectivity index (χ3v) is 16.8. The van der Waals surface area contributed by atoms with Gasteiger partial charge in [-0.1, -0.05) is 55.4 Å². The minimum absolute atomic E-state index is 0.0243. The lowest BCUT2D eigenvalue weighted by atomic mass is 9.54. The maximum absolute atomic E-state index is 13.6. The van der Waals surface area contributed by atoms with Gasteiger partial charge in [0.1, 0.15) is 12.6 Å². The third-order valence-electron chi connectivity index (χ3n) is 12.3. The monoisotopic (exact) mass is 576 g/mol. The molecule has 2 fully saturated rings. The van der Waals surface area contributed by atoms with Gasteiger partial charge >= 0.3 is 5.97 Å². The first kappa shape index (κ1) is 32.2. The summed E-state index contributed by atoms with van der Waals surface area (Å²) in [4.78, 5) is 13.6. The first-order valence-electron chi connectivity index (χ1n) is 16.3. The molecule has 3 unspecified atom stereocenters. The van der Waals surface area contributed by atoms with Crippen LogP contribution < -0.4 is 0 Å². The van der Waals surface area contributed by atoms with Crippen LogP contribution in [0, 0.1) is 40.4 Å². The number of hydrogen-bond donors (Lipinski definition) is 0. The lowest BCUT2D eigenvalue weighted by molar-refractivity contribution is -0.164. The van der Waals surface area contributed by atoms with Crippen molar-refractivity contribution in [1.29, 1.82) is 0 Å². The molecule has 0 N–H and O–H groups in total. The van der Waals surface area contributed by atoms with E-state index in [2.05, 4.69) is 68.5 Å². The van der Waals surface area contributed by atoms with Crippen molar-refractivity contribution in [2.75, 3.05) is 13.9 Å². The summed E-state index contributed by atoms with van der Waals surface area (Å²) in [7, 11) is -0.247. The molecule has 0 bridgehead atoms. The Morgan fingerprint density at radius 2 is 1.73 bits per heavy atom. The summed E-state index contributed by atoms with van der Waals surface area (Å²) >= 11 is 0. The number of methoxy groups -OCH3 is 1. The molecular formula is C34H60O5Si. The lowest BCUT2D eigenvalue weighted by Crippen LogP contribution is -2.51. The summed E-state index contributed by atoms with van der Waals surface area (Å²) in [5, 5.41) is 0.200. The quantitative estimate of drug-likeness (QED) is 0.148. The van der Waals surface area contributed by atoms with Crippen molar-refractivity contribution in [2.45, 2.75) is 144 Å². The lowest BCUT2D eigenvalue weighted by Gasteiger charge is -2.53. The van der Waals surface area contributed by atoms with E-state index in [0.29, 0.717) is 23.7 Å². The first-order chi connectivity index (χ1) is 18.5. The predicted octanol–water partition coefficient (Wildman–Crippen LogP) is 8.88. The van der Waals surface area contributed by atoms with E-state index in [0.717, 1.165) is 44.3 Å². The van der Waals surface area contributed by atoms with Crippen LogP contribution in [0.25, 0.3) is 0 Å². The smallest absolute Gasteiger partial charge is 0.315 e. The highest BCUT2D eigenvalue weighted by Gasteiger charge is 2.60. The molecule has 1 aliphatic heterocycles. The van der Waals surface area contributed by atoms with Gasteiger partial charge in [0.25, 0.3) is 0 Å². The van der Waals surface area contributed by atoms with Crippen molar-refractivity contribution in [2.24, 2.45) is 40.4 Å². The second kappa shape index (κ2) is 11.8. The Kier molecular flexibility index (Phi) is 9.48. The fraction of sp³-hybridized carbons (Fsp3) is 0.912. The van der Waals surface area contributed by atoms with Crippen LogP contribution in [-0.2, 0) is 23.4 Å². The van der Waals surface area contributed by atoms with Crippen LogP contribution in [-0.4, -0.2) is 40.4 Å². The van der Waals surface area contributed by atoms with E-state index >= 15 is 0 Å². The van der Waals surface area contributed by atoms with Gasteiger partial charge in [-0.25, -0.2) is 0 Å². The highest BCUT2D eigenvalue weighted by atomic mass is 28.4. The zero-order valence-electron chi connectivity index (χ0n) is 27.7. The molecule has 0 aromatic heterocycles. The van der Waals surface area contributed by atoms with Gasteiger partial charge in [-0.2, -0.15) is 0 Å². The fourth-order valence-electron chi connectivity index (χ4n) is 8.57. The number of rotatable bonds is 10. The first-order valence-corrected chi connectivity index (χ1v) is 19.2. The normalized spacial score (nSPS) is 36.1. The average molecular weight is 577 g/mol. The van der Waals surface area contributed by atoms with E-state index in [1.165, 1.54) is 24.8 Å². The molecule has 0 radical (unpaired) electrons. The molecule has 0 amide bonds. The average Bonchev–Trinajstić information content (AvgIpc) is 3.22. The zero-order chi connectivity index (χ0) is 29.7. The largest absolute Gasteiger partial charge is 0.431 e. The molecule has 4 aliphatic rings. The van der Waals surface area contributed by atoms with Crippen LogP contribution in [0.5, 0.6) is 0 Å². The van der Waals surface area contributed by atoms with Crippen molar-refractivity contribution in [3.63, 3.8) is 0 Å². The SMILES string of the molecule is COCOC1CC[C@]2(C)C3=C(OC(=O)C2C1)[C@@H]1CC[C@H]([C@H](C)C(CCC(C)C)O[Si](C)(C)C(C)(C)C)[C@@]1(C)CC3. The zero-order valence-corrected chi connectivity index (χ0v) is 28.7. The van der Waals surface area contributed by atoms with E-state index in [1.807, 2.05) is 0 Å². The second-order valence-electron chi connectivity index (χ2n) is 16.2. The molecule has 8 atom stereocenters. The molecule has 0 aromatic rings. The molecular weight excluding hydrogens is 516 g/mol. The van der Waals surface area contributed by atoms with E-state index in [4.69, 9.17) is 18.6 Å². The summed E-state index contributed by atoms with van der Waals surface area (Å²) in [6.45, 7) is 24.2. The van der Waals surface area contributed by atoms with Gasteiger partial charge in [-0.15, -0.1) is 0 Å². The molecule has 1 heterocycles. The number of carbonyl (C=O) groups is 1. The van der Waals surface area contributed by atoms with Crippen molar-refractivity contribution in [1.82, 2.24) is 0 Å². The van der Waals surface area contributed by atoms with E-state index in [1.54, 1.807) is 7.11 Å². The Morgan fingerprint density at radius 1 is 1.02 bits per heavy atom. The number of carbonyl (C=O) groups excluding carboxylic acids is 1. The summed E-state index contributed by atoms with van der Waals surface area (Å²) < 4.78 is 24.6. The van der Waals surface area contributed by atoms with Gasteiger partial charge in [0, 0.05) is 24.5 Å². The van der Waals surface area contributed by atoms with Gasteiger partial charge in [0.2, 0.25) is 0 Å². The third kappa shape index (κ3) is 5.90. The van der Waals surface area contributed by atoms with Crippen LogP contribution in [0.4, 0.5) is 0 Å². The summed E-state index contributed by atoms with van der Waals surface area (Å²) in [5.74, 6) is 3.01. The van der Waals surface area contributed by atoms with Gasteiger partial charge in [0.05, 0.1) is 12.0 Å². The molecule has 6 heteroatoms. The Morgan fingerprint density at radius 3 is 2.35 bits per heavy atom. The Bertz CT molecular complexity index is 950. The standard InChI is InChI=1S/C34H60O5Si/c1-22(2)12-15-29(39-40(10,11)32(4,5)6)23(3)25-13-14-26-30-27(17-19-33(25,26)7)34(8)18-16-24(37-21-36-9)20-28(34)31(35)38-30/h22-26,28-29H,12-21H2,1-11H3/t23-,24?,25+,26-,28?,29?,33+,34+/m0/s1. The van der Waals surface area contributed by atoms with Crippen molar-refractivity contribution < 1.29 is 23.4 Å². The minimum Gasteiger partial charge on any atom is -0.431 e. The van der Waals surface area contributed by atoms with Crippen molar-refractivity contribution in [3.8, 4) is 0 Å². The minimum atomic E-state index is -1.90. The van der Waals surface area contributed by atoms with Gasteiger partial charge in [-0.3, -0.25) is 4.79 Å². The Balaban J connectivity index is 1.58. The molecule has 230 valence electrons. The number of ether oxygens (including phenoxy) is 3.